The molecule has 0 fully saturated rings. The summed E-state index contributed by atoms with van der Waals surface area (Å²) in [6.45, 7) is 4.73. The third-order valence-electron chi connectivity index (χ3n) is 3.29. The van der Waals surface area contributed by atoms with Crippen molar-refractivity contribution < 1.29 is 0 Å². The highest BCUT2D eigenvalue weighted by atomic mass is 16.1. The lowest BCUT2D eigenvalue weighted by molar-refractivity contribution is 0.734. The Kier molecular flexibility index (Phi) is 3.39. The van der Waals surface area contributed by atoms with Gasteiger partial charge in [0.15, 0.2) is 0 Å². The zero-order valence-corrected chi connectivity index (χ0v) is 11.3. The minimum atomic E-state index is 0.0255. The first kappa shape index (κ1) is 12.6. The molecule has 0 atom stereocenters. The maximum Gasteiger partial charge on any atom is 0.271 e. The molecule has 2 rings (SSSR count). The molecule has 4 heteroatoms. The van der Waals surface area contributed by atoms with Crippen molar-refractivity contribution in [3.05, 3.63) is 45.2 Å². The van der Waals surface area contributed by atoms with Crippen LogP contribution in [0.1, 0.15) is 16.7 Å². The summed E-state index contributed by atoms with van der Waals surface area (Å²) in [6.07, 6.45) is 0. The molecule has 1 aromatic carbocycles. The second-order valence-corrected chi connectivity index (χ2v) is 4.66. The predicted octanol–water partition coefficient (Wildman–Crippen LogP) is 1.72. The summed E-state index contributed by atoms with van der Waals surface area (Å²) in [4.78, 5) is 12.0. The van der Waals surface area contributed by atoms with Gasteiger partial charge in [0.1, 0.15) is 0 Å². The van der Waals surface area contributed by atoms with E-state index in [1.54, 1.807) is 7.05 Å². The van der Waals surface area contributed by atoms with Crippen molar-refractivity contribution >= 4 is 0 Å². The predicted molar refractivity (Wildman–Crippen MR) is 73.7 cm³/mol. The number of aromatic amines is 1. The number of benzene rings is 1. The summed E-state index contributed by atoms with van der Waals surface area (Å²) >= 11 is 0. The third-order valence-corrected chi connectivity index (χ3v) is 3.29. The van der Waals surface area contributed by atoms with Gasteiger partial charge in [-0.1, -0.05) is 12.1 Å². The van der Waals surface area contributed by atoms with E-state index < -0.39 is 0 Å². The van der Waals surface area contributed by atoms with Crippen molar-refractivity contribution in [3.8, 4) is 11.3 Å². The quantitative estimate of drug-likeness (QED) is 0.865. The average molecular weight is 245 g/mol. The molecular formula is C14H19N3O. The van der Waals surface area contributed by atoms with Crippen LogP contribution in [0.5, 0.6) is 0 Å². The van der Waals surface area contributed by atoms with E-state index in [0.717, 1.165) is 16.8 Å². The third kappa shape index (κ3) is 2.11. The largest absolute Gasteiger partial charge is 0.315 e. The van der Waals surface area contributed by atoms with Crippen molar-refractivity contribution in [2.24, 2.45) is 7.05 Å². The molecule has 0 saturated heterocycles. The van der Waals surface area contributed by atoms with E-state index in [4.69, 9.17) is 0 Å². The Hall–Kier alpha value is -1.81. The van der Waals surface area contributed by atoms with Crippen molar-refractivity contribution in [1.29, 1.82) is 0 Å². The first-order valence-electron chi connectivity index (χ1n) is 6.04. The van der Waals surface area contributed by atoms with Gasteiger partial charge in [-0.3, -0.25) is 14.6 Å². The first-order valence-corrected chi connectivity index (χ1v) is 6.04. The van der Waals surface area contributed by atoms with Crippen LogP contribution in [0.15, 0.2) is 23.0 Å². The van der Waals surface area contributed by atoms with Crippen LogP contribution >= 0.6 is 0 Å². The second-order valence-electron chi connectivity index (χ2n) is 4.66. The van der Waals surface area contributed by atoms with Crippen molar-refractivity contribution in [1.82, 2.24) is 15.1 Å². The van der Waals surface area contributed by atoms with E-state index >= 15 is 0 Å². The highest BCUT2D eigenvalue weighted by Gasteiger charge is 2.13. The Morgan fingerprint density at radius 2 is 2.00 bits per heavy atom. The fourth-order valence-electron chi connectivity index (χ4n) is 2.07. The van der Waals surface area contributed by atoms with Crippen LogP contribution in [0.4, 0.5) is 0 Å². The number of aromatic nitrogens is 2. The zero-order chi connectivity index (χ0) is 13.3. The molecule has 1 heterocycles. The van der Waals surface area contributed by atoms with Gasteiger partial charge in [0.25, 0.3) is 5.56 Å². The molecule has 0 bridgehead atoms. The van der Waals surface area contributed by atoms with Crippen LogP contribution < -0.4 is 10.9 Å². The lowest BCUT2D eigenvalue weighted by Gasteiger charge is -2.05. The van der Waals surface area contributed by atoms with E-state index in [0.29, 0.717) is 6.54 Å². The van der Waals surface area contributed by atoms with Crippen molar-refractivity contribution in [2.75, 3.05) is 7.05 Å². The van der Waals surface area contributed by atoms with E-state index in [1.165, 1.54) is 15.8 Å². The van der Waals surface area contributed by atoms with Crippen LogP contribution in [-0.4, -0.2) is 16.8 Å². The van der Waals surface area contributed by atoms with Gasteiger partial charge in [0.05, 0.1) is 11.3 Å². The number of rotatable bonds is 3. The molecule has 0 aliphatic carbocycles. The molecule has 96 valence electrons. The molecule has 4 nitrogen and oxygen atoms in total. The first-order chi connectivity index (χ1) is 8.54. The summed E-state index contributed by atoms with van der Waals surface area (Å²) < 4.78 is 1.52. The Morgan fingerprint density at radius 1 is 1.28 bits per heavy atom. The summed E-state index contributed by atoms with van der Waals surface area (Å²) in [6, 6.07) is 6.24. The molecule has 0 radical (unpaired) electrons. The van der Waals surface area contributed by atoms with Gasteiger partial charge in [-0.15, -0.1) is 0 Å². The fraction of sp³-hybridized carbons (Fsp3) is 0.357. The highest BCUT2D eigenvalue weighted by molar-refractivity contribution is 5.64. The monoisotopic (exact) mass is 245 g/mol. The number of aryl methyl sites for hydroxylation is 3. The molecule has 2 N–H and O–H groups in total. The van der Waals surface area contributed by atoms with E-state index in [2.05, 4.69) is 36.4 Å². The number of hydrogen-bond donors (Lipinski definition) is 2. The average Bonchev–Trinajstić information content (AvgIpc) is 2.61. The molecule has 0 spiro atoms. The summed E-state index contributed by atoms with van der Waals surface area (Å²) in [7, 11) is 3.59. The molecule has 2 aromatic rings. The molecular weight excluding hydrogens is 226 g/mol. The van der Waals surface area contributed by atoms with Crippen LogP contribution in [0.25, 0.3) is 11.3 Å². The molecule has 18 heavy (non-hydrogen) atoms. The Balaban J connectivity index is 2.59. The van der Waals surface area contributed by atoms with Gasteiger partial charge < -0.3 is 5.32 Å². The Labute approximate surface area is 107 Å². The van der Waals surface area contributed by atoms with E-state index in [9.17, 15) is 4.79 Å². The van der Waals surface area contributed by atoms with E-state index in [1.807, 2.05) is 13.1 Å². The standard InChI is InChI=1S/C14H19N3O/c1-9-5-6-11(7-10(9)2)13-12(8-15-3)14(18)17(4)16-13/h5-7,15-16H,8H2,1-4H3. The van der Waals surface area contributed by atoms with Crippen LogP contribution in [0.2, 0.25) is 0 Å². The maximum absolute atomic E-state index is 12.0. The Morgan fingerprint density at radius 3 is 2.61 bits per heavy atom. The van der Waals surface area contributed by atoms with Crippen LogP contribution in [0, 0.1) is 13.8 Å². The highest BCUT2D eigenvalue weighted by Crippen LogP contribution is 2.22. The van der Waals surface area contributed by atoms with Gasteiger partial charge in [0, 0.05) is 19.2 Å². The molecule has 0 amide bonds. The molecule has 0 aliphatic rings. The summed E-state index contributed by atoms with van der Waals surface area (Å²) in [5.74, 6) is 0. The SMILES string of the molecule is CNCc1c(-c2ccc(C)c(C)c2)[nH]n(C)c1=O. The van der Waals surface area contributed by atoms with Gasteiger partial charge in [0.2, 0.25) is 0 Å². The minimum absolute atomic E-state index is 0.0255. The fourth-order valence-corrected chi connectivity index (χ4v) is 2.07. The van der Waals surface area contributed by atoms with Crippen molar-refractivity contribution in [2.45, 2.75) is 20.4 Å². The number of nitrogens with zero attached hydrogens (tertiary/aromatic N) is 1. The summed E-state index contributed by atoms with van der Waals surface area (Å²) in [5, 5.41) is 6.17. The lowest BCUT2D eigenvalue weighted by Crippen LogP contribution is -2.19. The van der Waals surface area contributed by atoms with Crippen LogP contribution in [0.3, 0.4) is 0 Å². The van der Waals surface area contributed by atoms with E-state index in [-0.39, 0.29) is 5.56 Å². The second kappa shape index (κ2) is 4.82. The zero-order valence-electron chi connectivity index (χ0n) is 11.3. The summed E-state index contributed by atoms with van der Waals surface area (Å²) in [5.41, 5.74) is 5.25. The molecule has 1 aromatic heterocycles. The normalized spacial score (nSPS) is 10.9. The van der Waals surface area contributed by atoms with Crippen LogP contribution in [-0.2, 0) is 13.6 Å². The molecule has 0 unspecified atom stereocenters. The number of nitrogens with one attached hydrogen (secondary N) is 2. The maximum atomic E-state index is 12.0. The van der Waals surface area contributed by atoms with Crippen molar-refractivity contribution in [3.63, 3.8) is 0 Å². The van der Waals surface area contributed by atoms with Gasteiger partial charge in [-0.05, 0) is 38.1 Å². The van der Waals surface area contributed by atoms with Gasteiger partial charge >= 0.3 is 0 Å². The van der Waals surface area contributed by atoms with Gasteiger partial charge in [-0.25, -0.2) is 0 Å². The Bertz CT molecular complexity index is 622. The van der Waals surface area contributed by atoms with Gasteiger partial charge in [-0.2, -0.15) is 0 Å². The smallest absolute Gasteiger partial charge is 0.271 e. The molecule has 0 aliphatic heterocycles. The number of H-pyrrole nitrogens is 1. The topological polar surface area (TPSA) is 49.8 Å². The minimum Gasteiger partial charge on any atom is -0.315 e. The lowest BCUT2D eigenvalue weighted by atomic mass is 10.0. The number of hydrogen-bond acceptors (Lipinski definition) is 2. The molecule has 0 saturated carbocycles.